The molecular weight excluding hydrogens is 262 g/mol. The summed E-state index contributed by atoms with van der Waals surface area (Å²) in [5.41, 5.74) is 3.47. The summed E-state index contributed by atoms with van der Waals surface area (Å²) in [5, 5.41) is 3.50. The van der Waals surface area contributed by atoms with Gasteiger partial charge in [0.25, 0.3) is 0 Å². The smallest absolute Gasteiger partial charge is 0.141 e. The Labute approximate surface area is 126 Å². The van der Waals surface area contributed by atoms with Crippen LogP contribution in [0.4, 0.5) is 0 Å². The summed E-state index contributed by atoms with van der Waals surface area (Å²) < 4.78 is 5.42. The van der Waals surface area contributed by atoms with E-state index in [1.807, 2.05) is 12.3 Å². The third-order valence-corrected chi connectivity index (χ3v) is 3.57. The van der Waals surface area contributed by atoms with E-state index in [0.717, 1.165) is 36.4 Å². The summed E-state index contributed by atoms with van der Waals surface area (Å²) in [6.45, 7) is 5.14. The van der Waals surface area contributed by atoms with Crippen LogP contribution in [0.15, 0.2) is 36.8 Å². The quantitative estimate of drug-likeness (QED) is 0.849. The fourth-order valence-electron chi connectivity index (χ4n) is 2.38. The lowest BCUT2D eigenvalue weighted by Crippen LogP contribution is -2.24. The van der Waals surface area contributed by atoms with Gasteiger partial charge in [0.15, 0.2) is 0 Å². The first-order valence-corrected chi connectivity index (χ1v) is 7.43. The Hall–Kier alpha value is -1.94. The molecule has 0 aliphatic rings. The van der Waals surface area contributed by atoms with E-state index < -0.39 is 0 Å². The molecule has 0 fully saturated rings. The molecule has 1 atom stereocenters. The molecule has 0 aliphatic carbocycles. The van der Waals surface area contributed by atoms with Gasteiger partial charge in [-0.3, -0.25) is 9.97 Å². The Morgan fingerprint density at radius 3 is 2.67 bits per heavy atom. The number of likely N-dealkylation sites (N-methyl/N-ethyl adjacent to an activating group) is 1. The van der Waals surface area contributed by atoms with Crippen molar-refractivity contribution >= 4 is 0 Å². The first kappa shape index (κ1) is 15.4. The second-order valence-electron chi connectivity index (χ2n) is 4.94. The normalized spacial score (nSPS) is 12.1. The molecule has 1 N–H and O–H groups in total. The lowest BCUT2D eigenvalue weighted by atomic mass is 10.0. The number of pyridine rings is 2. The first-order chi connectivity index (χ1) is 10.3. The second kappa shape index (κ2) is 7.74. The van der Waals surface area contributed by atoms with E-state index in [2.05, 4.69) is 41.3 Å². The number of nitrogens with zero attached hydrogens (tertiary/aromatic N) is 2. The van der Waals surface area contributed by atoms with Crippen LogP contribution in [0, 0.1) is 0 Å². The first-order valence-electron chi connectivity index (χ1n) is 7.43. The van der Waals surface area contributed by atoms with Crippen LogP contribution in [0.25, 0.3) is 0 Å². The van der Waals surface area contributed by atoms with Gasteiger partial charge in [-0.25, -0.2) is 0 Å². The van der Waals surface area contributed by atoms with Gasteiger partial charge in [0.1, 0.15) is 5.75 Å². The number of aryl methyl sites for hydroxylation is 1. The highest BCUT2D eigenvalue weighted by molar-refractivity contribution is 5.33. The van der Waals surface area contributed by atoms with Crippen molar-refractivity contribution in [2.24, 2.45) is 0 Å². The molecule has 0 radical (unpaired) electrons. The molecule has 0 aromatic carbocycles. The minimum Gasteiger partial charge on any atom is -0.495 e. The summed E-state index contributed by atoms with van der Waals surface area (Å²) in [4.78, 5) is 8.68. The monoisotopic (exact) mass is 285 g/mol. The van der Waals surface area contributed by atoms with Gasteiger partial charge in [0, 0.05) is 36.1 Å². The number of aromatic nitrogens is 2. The molecule has 0 saturated heterocycles. The molecule has 0 amide bonds. The van der Waals surface area contributed by atoms with Crippen LogP contribution in [-0.4, -0.2) is 23.6 Å². The van der Waals surface area contributed by atoms with Crippen LogP contribution in [0.5, 0.6) is 5.75 Å². The Balaban J connectivity index is 2.21. The zero-order valence-electron chi connectivity index (χ0n) is 13.0. The van der Waals surface area contributed by atoms with Crippen molar-refractivity contribution in [3.63, 3.8) is 0 Å². The van der Waals surface area contributed by atoms with E-state index in [4.69, 9.17) is 4.74 Å². The fourth-order valence-corrected chi connectivity index (χ4v) is 2.38. The molecule has 2 aromatic heterocycles. The molecule has 4 nitrogen and oxygen atoms in total. The number of ether oxygens (including phenoxy) is 1. The predicted molar refractivity (Wildman–Crippen MR) is 84.5 cm³/mol. The molecule has 0 bridgehead atoms. The number of rotatable bonds is 7. The lowest BCUT2D eigenvalue weighted by Gasteiger charge is -2.20. The molecule has 4 heteroatoms. The maximum atomic E-state index is 5.42. The molecule has 2 heterocycles. The summed E-state index contributed by atoms with van der Waals surface area (Å²) in [6, 6.07) is 6.44. The van der Waals surface area contributed by atoms with Crippen molar-refractivity contribution in [3.05, 3.63) is 53.6 Å². The molecule has 2 rings (SSSR count). The summed E-state index contributed by atoms with van der Waals surface area (Å²) in [5.74, 6) is 0.814. The minimum absolute atomic E-state index is 0.174. The molecule has 0 spiro atoms. The third-order valence-electron chi connectivity index (χ3n) is 3.57. The molecular formula is C17H23N3O. The van der Waals surface area contributed by atoms with Gasteiger partial charge in [-0.2, -0.15) is 0 Å². The van der Waals surface area contributed by atoms with Crippen LogP contribution >= 0.6 is 0 Å². The molecule has 0 aliphatic heterocycles. The van der Waals surface area contributed by atoms with Crippen molar-refractivity contribution in [1.82, 2.24) is 15.3 Å². The molecule has 112 valence electrons. The lowest BCUT2D eigenvalue weighted by molar-refractivity contribution is 0.397. The number of hydrogen-bond donors (Lipinski definition) is 1. The Bertz CT molecular complexity index is 554. The average molecular weight is 285 g/mol. The second-order valence-corrected chi connectivity index (χ2v) is 4.94. The predicted octanol–water partition coefficient (Wildman–Crippen LogP) is 2.94. The third kappa shape index (κ3) is 4.02. The molecule has 21 heavy (non-hydrogen) atoms. The topological polar surface area (TPSA) is 47.0 Å². The van der Waals surface area contributed by atoms with Crippen molar-refractivity contribution in [3.8, 4) is 5.75 Å². The number of hydrogen-bond acceptors (Lipinski definition) is 4. The maximum Gasteiger partial charge on any atom is 0.141 e. The van der Waals surface area contributed by atoms with E-state index in [9.17, 15) is 0 Å². The molecule has 1 unspecified atom stereocenters. The highest BCUT2D eigenvalue weighted by Gasteiger charge is 2.16. The summed E-state index contributed by atoms with van der Waals surface area (Å²) in [6.07, 6.45) is 7.37. The van der Waals surface area contributed by atoms with Gasteiger partial charge in [-0.1, -0.05) is 19.9 Å². The van der Waals surface area contributed by atoms with Gasteiger partial charge in [0.2, 0.25) is 0 Å². The Morgan fingerprint density at radius 1 is 1.19 bits per heavy atom. The highest BCUT2D eigenvalue weighted by atomic mass is 16.5. The Morgan fingerprint density at radius 2 is 2.05 bits per heavy atom. The Kier molecular flexibility index (Phi) is 5.69. The van der Waals surface area contributed by atoms with Crippen LogP contribution in [0.2, 0.25) is 0 Å². The van der Waals surface area contributed by atoms with E-state index >= 15 is 0 Å². The van der Waals surface area contributed by atoms with Crippen LogP contribution in [0.1, 0.15) is 36.7 Å². The fraction of sp³-hybridized carbons (Fsp3) is 0.412. The van der Waals surface area contributed by atoms with Gasteiger partial charge >= 0.3 is 0 Å². The number of methoxy groups -OCH3 is 1. The van der Waals surface area contributed by atoms with Gasteiger partial charge < -0.3 is 10.1 Å². The van der Waals surface area contributed by atoms with Gasteiger partial charge in [-0.15, -0.1) is 0 Å². The SMILES string of the molecule is CCNC(Cc1ccc(CC)cn1)c1ccncc1OC. The highest BCUT2D eigenvalue weighted by Crippen LogP contribution is 2.26. The van der Waals surface area contributed by atoms with Crippen molar-refractivity contribution in [2.75, 3.05) is 13.7 Å². The van der Waals surface area contributed by atoms with E-state index in [0.29, 0.717) is 0 Å². The van der Waals surface area contributed by atoms with E-state index in [1.165, 1.54) is 5.56 Å². The van der Waals surface area contributed by atoms with Crippen molar-refractivity contribution in [2.45, 2.75) is 32.7 Å². The standard InChI is InChI=1S/C17H23N3O/c1-4-13-6-7-14(20-11-13)10-16(19-5-2)15-8-9-18-12-17(15)21-3/h6-9,11-12,16,19H,4-5,10H2,1-3H3. The largest absolute Gasteiger partial charge is 0.495 e. The van der Waals surface area contributed by atoms with Crippen LogP contribution in [-0.2, 0) is 12.8 Å². The summed E-state index contributed by atoms with van der Waals surface area (Å²) in [7, 11) is 1.68. The van der Waals surface area contributed by atoms with Crippen LogP contribution < -0.4 is 10.1 Å². The van der Waals surface area contributed by atoms with Gasteiger partial charge in [0.05, 0.1) is 13.3 Å². The van der Waals surface area contributed by atoms with E-state index in [-0.39, 0.29) is 6.04 Å². The average Bonchev–Trinajstić information content (AvgIpc) is 2.55. The summed E-state index contributed by atoms with van der Waals surface area (Å²) >= 11 is 0. The maximum absolute atomic E-state index is 5.42. The van der Waals surface area contributed by atoms with Crippen LogP contribution in [0.3, 0.4) is 0 Å². The zero-order chi connectivity index (χ0) is 15.1. The minimum atomic E-state index is 0.174. The van der Waals surface area contributed by atoms with Crippen molar-refractivity contribution in [1.29, 1.82) is 0 Å². The molecule has 0 saturated carbocycles. The molecule has 2 aromatic rings. The van der Waals surface area contributed by atoms with Crippen molar-refractivity contribution < 1.29 is 4.74 Å². The number of nitrogens with one attached hydrogen (secondary N) is 1. The van der Waals surface area contributed by atoms with E-state index in [1.54, 1.807) is 19.5 Å². The van der Waals surface area contributed by atoms with Gasteiger partial charge in [-0.05, 0) is 30.7 Å². The zero-order valence-corrected chi connectivity index (χ0v) is 13.0.